The third kappa shape index (κ3) is 21.4. The molecule has 4 amide bonds. The highest BCUT2D eigenvalue weighted by molar-refractivity contribution is 7.90. The molecule has 7 heterocycles. The summed E-state index contributed by atoms with van der Waals surface area (Å²) in [5, 5.41) is 18.4. The highest BCUT2D eigenvalue weighted by Gasteiger charge is 2.51. The van der Waals surface area contributed by atoms with Gasteiger partial charge in [-0.05, 0) is 222 Å². The molecule has 8 fully saturated rings. The number of carbonyl (C=O) groups is 5. The van der Waals surface area contributed by atoms with Crippen LogP contribution in [0.3, 0.4) is 0 Å². The summed E-state index contributed by atoms with van der Waals surface area (Å²) in [6.45, 7) is 16.7. The maximum absolute atomic E-state index is 14.6. The molecule has 2 aliphatic carbocycles. The summed E-state index contributed by atoms with van der Waals surface area (Å²) in [4.78, 5) is 94.7. The van der Waals surface area contributed by atoms with E-state index in [9.17, 15) is 55.3 Å². The molecule has 17 rings (SSSR count). The summed E-state index contributed by atoms with van der Waals surface area (Å²) in [5.74, 6) is 0.112. The zero-order valence-corrected chi connectivity index (χ0v) is 74.9. The number of piperidine rings is 2. The molecule has 660 valence electrons. The third-order valence-corrected chi connectivity index (χ3v) is 29.4. The zero-order valence-electron chi connectivity index (χ0n) is 72.4. The van der Waals surface area contributed by atoms with E-state index in [1.807, 2.05) is 32.7 Å². The van der Waals surface area contributed by atoms with E-state index in [2.05, 4.69) is 147 Å². The lowest BCUT2D eigenvalue weighted by Gasteiger charge is -2.48. The molecule has 6 aliphatic heterocycles. The summed E-state index contributed by atoms with van der Waals surface area (Å²) >= 11 is 1.55. The SMILES string of the molecule is CC(=O)c1ccc(N2CCN(C(=O)c3cc([N+](=O)[O-])ccc3N3CCCCC3)CC2)c(F)c1.Cc1ccc(N2CCN(C(=O)c3cc(S(=O)(=O)N(C)C)ccc3OC3CCCC3)CC2)cc1.Cc1ccc(N2CCN(C(=O)c3cc(S(C)(=O)=O)ccc3-c3ccsc3)CC2)cc1.O=C1NCN(c2ccccc2)C12CCN([C@@H]1CCCC[C@@H]1c1ccccc1)CC2. The van der Waals surface area contributed by atoms with Gasteiger partial charge in [0.1, 0.15) is 17.1 Å². The predicted molar refractivity (Wildman–Crippen MR) is 492 cm³/mol. The second kappa shape index (κ2) is 40.5. The van der Waals surface area contributed by atoms with Crippen molar-refractivity contribution in [2.24, 2.45) is 0 Å². The molecule has 9 aromatic rings. The third-order valence-electron chi connectivity index (χ3n) is 25.8. The van der Waals surface area contributed by atoms with Gasteiger partial charge in [-0.15, -0.1) is 0 Å². The van der Waals surface area contributed by atoms with Crippen LogP contribution < -0.4 is 34.6 Å². The number of carbonyl (C=O) groups excluding carboxylic acids is 5. The van der Waals surface area contributed by atoms with Crippen molar-refractivity contribution in [3.63, 3.8) is 0 Å². The Labute approximate surface area is 738 Å². The van der Waals surface area contributed by atoms with Gasteiger partial charge in [0.25, 0.3) is 23.4 Å². The fourth-order valence-electron chi connectivity index (χ4n) is 18.5. The Balaban J connectivity index is 0.000000136. The van der Waals surface area contributed by atoms with Gasteiger partial charge >= 0.3 is 0 Å². The van der Waals surface area contributed by atoms with Crippen molar-refractivity contribution < 1.29 is 54.9 Å². The first kappa shape index (κ1) is 90.2. The normalized spacial score (nSPS) is 18.9. The Morgan fingerprint density at radius 2 is 1.06 bits per heavy atom. The molecular weight excluding hydrogens is 1640 g/mol. The molecule has 1 aromatic heterocycles. The van der Waals surface area contributed by atoms with Crippen molar-refractivity contribution in [3.8, 4) is 16.9 Å². The number of likely N-dealkylation sites (tertiary alicyclic amines) is 1. The number of thiophene rings is 1. The molecule has 8 aliphatic rings. The number of amides is 4. The lowest BCUT2D eigenvalue weighted by Crippen LogP contribution is -2.58. The average Bonchev–Trinajstić information content (AvgIpc) is 1.60. The summed E-state index contributed by atoms with van der Waals surface area (Å²) in [5.41, 5.74) is 11.2. The number of nitrogens with zero attached hydrogens (tertiary/aromatic N) is 11. The number of benzene rings is 8. The van der Waals surface area contributed by atoms with E-state index in [-0.39, 0.29) is 56.5 Å². The predicted octanol–water partition coefficient (Wildman–Crippen LogP) is 15.6. The van der Waals surface area contributed by atoms with Gasteiger partial charge in [0, 0.05) is 171 Å². The van der Waals surface area contributed by atoms with E-state index in [4.69, 9.17) is 4.74 Å². The number of halogens is 1. The van der Waals surface area contributed by atoms with E-state index in [1.54, 1.807) is 57.5 Å². The smallest absolute Gasteiger partial charge is 0.270 e. The van der Waals surface area contributed by atoms with Crippen LogP contribution in [0, 0.1) is 29.8 Å². The molecular formula is C97H115FN12O12S3. The first-order chi connectivity index (χ1) is 60.2. The van der Waals surface area contributed by atoms with Gasteiger partial charge < -0.3 is 49.3 Å². The number of hydrogen-bond donors (Lipinski definition) is 1. The van der Waals surface area contributed by atoms with Crippen LogP contribution >= 0.6 is 11.3 Å². The Morgan fingerprint density at radius 1 is 0.536 bits per heavy atom. The van der Waals surface area contributed by atoms with Crippen molar-refractivity contribution in [2.45, 2.75) is 138 Å². The number of sulfone groups is 1. The number of para-hydroxylation sites is 1. The highest BCUT2D eigenvalue weighted by Crippen LogP contribution is 2.43. The minimum atomic E-state index is -3.66. The maximum atomic E-state index is 14.6. The monoisotopic (exact) mass is 1750 g/mol. The van der Waals surface area contributed by atoms with Crippen LogP contribution in [0.4, 0.5) is 38.5 Å². The van der Waals surface area contributed by atoms with Gasteiger partial charge in [-0.25, -0.2) is 25.5 Å². The van der Waals surface area contributed by atoms with E-state index < -0.39 is 30.6 Å². The van der Waals surface area contributed by atoms with Gasteiger partial charge in [0.05, 0.1) is 50.0 Å². The molecule has 8 aromatic carbocycles. The van der Waals surface area contributed by atoms with Crippen LogP contribution in [0.2, 0.25) is 0 Å². The van der Waals surface area contributed by atoms with Crippen LogP contribution in [0.25, 0.3) is 11.1 Å². The van der Waals surface area contributed by atoms with Crippen molar-refractivity contribution in [2.75, 3.05) is 156 Å². The van der Waals surface area contributed by atoms with Crippen LogP contribution in [-0.4, -0.2) is 224 Å². The zero-order chi connectivity index (χ0) is 88.1. The lowest BCUT2D eigenvalue weighted by atomic mass is 9.77. The molecule has 0 unspecified atom stereocenters. The van der Waals surface area contributed by atoms with Crippen LogP contribution in [0.1, 0.15) is 154 Å². The Hall–Kier alpha value is -11.0. The standard InChI is InChI=1S/C25H33N3O4S.C25H31N3O.C24H27FN4O4.C23H24N2O3S2/c1-19-8-10-20(11-9-19)27-14-16-28(17-15-27)25(29)23-18-22(33(30,31)26(2)3)12-13-24(23)32-21-6-4-5-7-21;29-24-25(28(19-26-24)21-11-5-2-6-12-21)15-17-27(18-16-25)23-14-8-7-13-22(23)20-9-3-1-4-10-20;1-17(30)18-5-7-23(21(25)15-18)27-11-13-28(14-12-27)24(31)20-16-19(29(32)33)6-8-22(20)26-9-3-2-4-10-26;1-17-3-5-19(6-4-17)24-10-12-25(13-11-24)23(26)22-15-20(30(2,27)28)7-8-21(22)18-9-14-29-16-18/h8-13,18,21H,4-7,14-17H2,1-3H3;1-6,9-12,22-23H,7-8,13-19H2,(H,26,29);5-8,15-16H,2-4,9-14H2,1H3;3-9,14-16H,10-13H2,1-2H3/t;22-,23-;;/m.1../s1. The molecule has 24 nitrogen and oxygen atoms in total. The second-order valence-electron chi connectivity index (χ2n) is 34.1. The minimum absolute atomic E-state index is 0.0752. The van der Waals surface area contributed by atoms with Gasteiger partial charge in [-0.1, -0.05) is 103 Å². The van der Waals surface area contributed by atoms with Gasteiger partial charge in [0.2, 0.25) is 15.9 Å². The van der Waals surface area contributed by atoms with Gasteiger partial charge in [-0.2, -0.15) is 11.3 Å². The first-order valence-electron chi connectivity index (χ1n) is 43.8. The summed E-state index contributed by atoms with van der Waals surface area (Å²) in [6.07, 6.45) is 15.6. The number of nitro benzene ring substituents is 1. The highest BCUT2D eigenvalue weighted by atomic mass is 32.2. The van der Waals surface area contributed by atoms with Crippen LogP contribution in [0.15, 0.2) is 209 Å². The number of aryl methyl sites for hydroxylation is 2. The summed E-state index contributed by atoms with van der Waals surface area (Å²) in [6, 6.07) is 59.3. The number of nitrogens with one attached hydrogen (secondary N) is 1. The number of Topliss-reactive ketones (excluding diaryl/α,β-unsaturated/α-hetero) is 1. The quantitative estimate of drug-likeness (QED) is 0.0476. The number of ketones is 1. The van der Waals surface area contributed by atoms with E-state index in [0.29, 0.717) is 105 Å². The lowest BCUT2D eigenvalue weighted by molar-refractivity contribution is -0.384. The van der Waals surface area contributed by atoms with Crippen molar-refractivity contribution in [3.05, 3.63) is 254 Å². The first-order valence-corrected chi connectivity index (χ1v) is 48.1. The number of non-ortho nitro benzene ring substituents is 1. The fourth-order valence-corrected chi connectivity index (χ4v) is 20.8. The fraction of sp³-hybridized carbons (Fsp3) is 0.412. The second-order valence-corrected chi connectivity index (χ2v) is 39.0. The van der Waals surface area contributed by atoms with Gasteiger partial charge in [-0.3, -0.25) is 39.0 Å². The summed E-state index contributed by atoms with van der Waals surface area (Å²) < 4.78 is 71.5. The Morgan fingerprint density at radius 3 is 1.62 bits per heavy atom. The van der Waals surface area contributed by atoms with E-state index >= 15 is 0 Å². The number of piperazine rings is 3. The number of rotatable bonds is 18. The molecule has 0 radical (unpaired) electrons. The van der Waals surface area contributed by atoms with Crippen molar-refractivity contribution in [1.29, 1.82) is 0 Å². The van der Waals surface area contributed by atoms with Gasteiger partial charge in [0.15, 0.2) is 15.6 Å². The van der Waals surface area contributed by atoms with E-state index in [1.165, 1.54) is 106 Å². The Bertz CT molecular complexity index is 5500. The molecule has 6 saturated heterocycles. The molecule has 0 bridgehead atoms. The Kier molecular flexibility index (Phi) is 29.2. The number of anilines is 5. The minimum Gasteiger partial charge on any atom is -0.490 e. The molecule has 2 saturated carbocycles. The number of sulfonamides is 1. The molecule has 1 spiro atoms. The summed E-state index contributed by atoms with van der Waals surface area (Å²) in [7, 11) is -4.08. The largest absolute Gasteiger partial charge is 0.490 e. The van der Waals surface area contributed by atoms with Crippen molar-refractivity contribution in [1.82, 2.24) is 29.2 Å². The molecule has 28 heteroatoms. The van der Waals surface area contributed by atoms with Crippen LogP contribution in [0.5, 0.6) is 5.75 Å². The average molecular weight is 1760 g/mol. The number of nitro groups is 1. The molecule has 2 atom stereocenters. The van der Waals surface area contributed by atoms with Crippen LogP contribution in [-0.2, 0) is 24.7 Å². The number of ether oxygens (including phenoxy) is 1. The molecule has 125 heavy (non-hydrogen) atoms. The number of hydrogen-bond acceptors (Lipinski definition) is 19. The maximum Gasteiger partial charge on any atom is 0.270 e. The van der Waals surface area contributed by atoms with E-state index in [0.717, 1.165) is 148 Å². The molecule has 1 N–H and O–H groups in total. The van der Waals surface area contributed by atoms with Crippen molar-refractivity contribution >= 4 is 94.7 Å². The topological polar surface area (TPSA) is 250 Å².